The Bertz CT molecular complexity index is 753. The molecule has 0 aliphatic carbocycles. The van der Waals surface area contributed by atoms with E-state index in [0.717, 1.165) is 11.1 Å². The summed E-state index contributed by atoms with van der Waals surface area (Å²) in [6.45, 7) is -0.0626. The molecule has 0 aliphatic heterocycles. The minimum Gasteiger partial charge on any atom is -0.395 e. The number of aliphatic hydroxyl groups excluding tert-OH is 1. The van der Waals surface area contributed by atoms with Crippen LogP contribution in [0.15, 0.2) is 72.4 Å². The first kappa shape index (κ1) is 18.2. The van der Waals surface area contributed by atoms with Gasteiger partial charge in [0.25, 0.3) is 5.91 Å². The number of hydrogen-bond donors (Lipinski definition) is 3. The van der Waals surface area contributed by atoms with Gasteiger partial charge in [-0.1, -0.05) is 60.7 Å². The number of rotatable bonds is 7. The topological polar surface area (TPSA) is 78.4 Å². The maximum atomic E-state index is 12.2. The Labute approximate surface area is 146 Å². The summed E-state index contributed by atoms with van der Waals surface area (Å²) < 4.78 is 0. The van der Waals surface area contributed by atoms with Crippen LogP contribution in [0.2, 0.25) is 0 Å². The molecule has 2 rings (SSSR count). The second kappa shape index (κ2) is 9.85. The van der Waals surface area contributed by atoms with E-state index in [2.05, 4.69) is 10.6 Å². The number of nitrogens with one attached hydrogen (secondary N) is 2. The van der Waals surface area contributed by atoms with Crippen LogP contribution in [-0.4, -0.2) is 30.1 Å². The van der Waals surface area contributed by atoms with Gasteiger partial charge < -0.3 is 15.7 Å². The summed E-state index contributed by atoms with van der Waals surface area (Å²) in [6, 6.07) is 18.6. The van der Waals surface area contributed by atoms with Crippen LogP contribution >= 0.6 is 0 Å². The van der Waals surface area contributed by atoms with E-state index in [4.69, 9.17) is 5.11 Å². The Hall–Kier alpha value is -3.18. The predicted molar refractivity (Wildman–Crippen MR) is 98.1 cm³/mol. The van der Waals surface area contributed by atoms with Gasteiger partial charge in [0, 0.05) is 12.6 Å². The average molecular weight is 336 g/mol. The van der Waals surface area contributed by atoms with Gasteiger partial charge in [0.15, 0.2) is 0 Å². The van der Waals surface area contributed by atoms with E-state index in [-0.39, 0.29) is 18.8 Å². The summed E-state index contributed by atoms with van der Waals surface area (Å²) in [5.41, 5.74) is 1.78. The largest absolute Gasteiger partial charge is 0.395 e. The third kappa shape index (κ3) is 6.45. The lowest BCUT2D eigenvalue weighted by molar-refractivity contribution is -0.121. The summed E-state index contributed by atoms with van der Waals surface area (Å²) >= 11 is 0. The fraction of sp³-hybridized carbons (Fsp3) is 0.100. The Balaban J connectivity index is 2.12. The standard InChI is InChI=1S/C20H20N2O3/c23-14-13-21-20(25)18(15-17-9-5-2-6-10-17)22-19(24)12-11-16-7-3-1-4-8-16/h1-12,15,23H,13-14H2,(H,21,25)(H,22,24). The van der Waals surface area contributed by atoms with Crippen molar-refractivity contribution in [3.63, 3.8) is 0 Å². The molecule has 0 spiro atoms. The molecule has 0 saturated carbocycles. The van der Waals surface area contributed by atoms with Crippen LogP contribution in [0.25, 0.3) is 12.2 Å². The van der Waals surface area contributed by atoms with Gasteiger partial charge in [0.1, 0.15) is 5.70 Å². The van der Waals surface area contributed by atoms with Gasteiger partial charge >= 0.3 is 0 Å². The van der Waals surface area contributed by atoms with E-state index >= 15 is 0 Å². The lowest BCUT2D eigenvalue weighted by atomic mass is 10.2. The minimum atomic E-state index is -0.459. The van der Waals surface area contributed by atoms with Crippen LogP contribution in [0.1, 0.15) is 11.1 Å². The van der Waals surface area contributed by atoms with E-state index in [1.807, 2.05) is 60.7 Å². The number of aliphatic hydroxyl groups is 1. The van der Waals surface area contributed by atoms with E-state index < -0.39 is 11.8 Å². The molecular weight excluding hydrogens is 316 g/mol. The highest BCUT2D eigenvalue weighted by Gasteiger charge is 2.11. The van der Waals surface area contributed by atoms with Crippen molar-refractivity contribution in [1.82, 2.24) is 10.6 Å². The van der Waals surface area contributed by atoms with Crippen molar-refractivity contribution < 1.29 is 14.7 Å². The predicted octanol–water partition coefficient (Wildman–Crippen LogP) is 1.97. The molecule has 0 fully saturated rings. The number of benzene rings is 2. The van der Waals surface area contributed by atoms with Crippen LogP contribution in [0, 0.1) is 0 Å². The molecule has 0 saturated heterocycles. The first-order valence-corrected chi connectivity index (χ1v) is 7.89. The van der Waals surface area contributed by atoms with Crippen molar-refractivity contribution in [3.8, 4) is 0 Å². The molecule has 3 N–H and O–H groups in total. The zero-order chi connectivity index (χ0) is 17.9. The van der Waals surface area contributed by atoms with E-state index in [9.17, 15) is 9.59 Å². The normalized spacial score (nSPS) is 11.3. The maximum absolute atomic E-state index is 12.2. The molecule has 0 heterocycles. The summed E-state index contributed by atoms with van der Waals surface area (Å²) in [7, 11) is 0. The second-order valence-corrected chi connectivity index (χ2v) is 5.18. The third-order valence-electron chi connectivity index (χ3n) is 3.24. The zero-order valence-electron chi connectivity index (χ0n) is 13.7. The van der Waals surface area contributed by atoms with Crippen LogP contribution < -0.4 is 10.6 Å². The fourth-order valence-corrected chi connectivity index (χ4v) is 2.05. The molecule has 5 nitrogen and oxygen atoms in total. The number of carbonyl (C=O) groups is 2. The number of carbonyl (C=O) groups excluding carboxylic acids is 2. The van der Waals surface area contributed by atoms with Crippen molar-refractivity contribution in [2.24, 2.45) is 0 Å². The SMILES string of the molecule is O=C(C=Cc1ccccc1)NC(=Cc1ccccc1)C(=O)NCCO. The molecule has 2 aromatic rings. The van der Waals surface area contributed by atoms with Gasteiger partial charge in [0.2, 0.25) is 5.91 Å². The fourth-order valence-electron chi connectivity index (χ4n) is 2.05. The van der Waals surface area contributed by atoms with Gasteiger partial charge in [-0.25, -0.2) is 0 Å². The molecule has 0 aliphatic rings. The molecule has 128 valence electrons. The Morgan fingerprint density at radius 3 is 2.12 bits per heavy atom. The molecule has 2 aromatic carbocycles. The van der Waals surface area contributed by atoms with Gasteiger partial charge in [-0.05, 0) is 23.3 Å². The zero-order valence-corrected chi connectivity index (χ0v) is 13.7. The average Bonchev–Trinajstić information content (AvgIpc) is 2.65. The number of hydrogen-bond acceptors (Lipinski definition) is 3. The smallest absolute Gasteiger partial charge is 0.267 e. The molecule has 0 atom stereocenters. The van der Waals surface area contributed by atoms with E-state index in [0.29, 0.717) is 0 Å². The molecular formula is C20H20N2O3. The molecule has 5 heteroatoms. The molecule has 0 unspecified atom stereocenters. The van der Waals surface area contributed by atoms with Crippen molar-refractivity contribution in [1.29, 1.82) is 0 Å². The summed E-state index contributed by atoms with van der Waals surface area (Å²) in [4.78, 5) is 24.3. The van der Waals surface area contributed by atoms with Gasteiger partial charge in [-0.15, -0.1) is 0 Å². The minimum absolute atomic E-state index is 0.112. The van der Waals surface area contributed by atoms with Crippen molar-refractivity contribution >= 4 is 24.0 Å². The summed E-state index contributed by atoms with van der Waals surface area (Å²) in [6.07, 6.45) is 4.62. The van der Waals surface area contributed by atoms with Crippen LogP contribution in [0.3, 0.4) is 0 Å². The first-order chi connectivity index (χ1) is 12.2. The summed E-state index contributed by atoms with van der Waals surface area (Å²) in [5.74, 6) is -0.871. The lowest BCUT2D eigenvalue weighted by Crippen LogP contribution is -2.35. The third-order valence-corrected chi connectivity index (χ3v) is 3.24. The van der Waals surface area contributed by atoms with Gasteiger partial charge in [-0.3, -0.25) is 9.59 Å². The Kier molecular flexibility index (Phi) is 7.15. The highest BCUT2D eigenvalue weighted by molar-refractivity contribution is 6.04. The summed E-state index contributed by atoms with van der Waals surface area (Å²) in [5, 5.41) is 14.0. The Morgan fingerprint density at radius 1 is 0.920 bits per heavy atom. The first-order valence-electron chi connectivity index (χ1n) is 7.89. The Morgan fingerprint density at radius 2 is 1.52 bits per heavy atom. The van der Waals surface area contributed by atoms with Crippen LogP contribution in [0.5, 0.6) is 0 Å². The quantitative estimate of drug-likeness (QED) is 0.677. The van der Waals surface area contributed by atoms with Gasteiger partial charge in [0.05, 0.1) is 6.61 Å². The van der Waals surface area contributed by atoms with Crippen molar-refractivity contribution in [2.45, 2.75) is 0 Å². The highest BCUT2D eigenvalue weighted by Crippen LogP contribution is 2.06. The van der Waals surface area contributed by atoms with Crippen molar-refractivity contribution in [3.05, 3.63) is 83.6 Å². The maximum Gasteiger partial charge on any atom is 0.267 e. The molecule has 0 radical (unpaired) electrons. The second-order valence-electron chi connectivity index (χ2n) is 5.18. The van der Waals surface area contributed by atoms with Crippen LogP contribution in [-0.2, 0) is 9.59 Å². The molecule has 2 amide bonds. The van der Waals surface area contributed by atoms with Gasteiger partial charge in [-0.2, -0.15) is 0 Å². The van der Waals surface area contributed by atoms with E-state index in [1.165, 1.54) is 6.08 Å². The van der Waals surface area contributed by atoms with E-state index in [1.54, 1.807) is 12.2 Å². The molecule has 25 heavy (non-hydrogen) atoms. The number of amides is 2. The van der Waals surface area contributed by atoms with Crippen LogP contribution in [0.4, 0.5) is 0 Å². The highest BCUT2D eigenvalue weighted by atomic mass is 16.3. The monoisotopic (exact) mass is 336 g/mol. The van der Waals surface area contributed by atoms with Crippen molar-refractivity contribution in [2.75, 3.05) is 13.2 Å². The lowest BCUT2D eigenvalue weighted by Gasteiger charge is -2.09. The molecule has 0 aromatic heterocycles. The molecule has 0 bridgehead atoms.